The molecule has 108 valence electrons. The van der Waals surface area contributed by atoms with Crippen LogP contribution >= 0.6 is 23.4 Å². The zero-order chi connectivity index (χ0) is 13.9. The normalized spacial score (nSPS) is 12.6. The van der Waals surface area contributed by atoms with Crippen molar-refractivity contribution in [2.45, 2.75) is 31.3 Å². The van der Waals surface area contributed by atoms with Crippen LogP contribution < -0.4 is 5.32 Å². The molecule has 0 heterocycles. The Hall–Kier alpha value is -0.220. The molecule has 4 heteroatoms. The molecule has 0 aliphatic carbocycles. The molecule has 0 radical (unpaired) electrons. The number of hydrogen-bond donors (Lipinski definition) is 1. The fourth-order valence-corrected chi connectivity index (χ4v) is 2.66. The Morgan fingerprint density at radius 1 is 1.32 bits per heavy atom. The topological polar surface area (TPSA) is 21.3 Å². The van der Waals surface area contributed by atoms with Gasteiger partial charge in [-0.05, 0) is 37.6 Å². The average Bonchev–Trinajstić information content (AvgIpc) is 2.42. The molecule has 0 bridgehead atoms. The molecule has 0 aliphatic heterocycles. The number of rotatable bonds is 10. The van der Waals surface area contributed by atoms with Gasteiger partial charge in [-0.3, -0.25) is 0 Å². The standard InChI is InChI=1S/C15H24ClNOS/c1-3-18-10-4-9-17-11-13(2)19-12-14-5-7-15(16)8-6-14/h5-8,13,17H,3-4,9-12H2,1-2H3. The van der Waals surface area contributed by atoms with Gasteiger partial charge in [0.15, 0.2) is 0 Å². The lowest BCUT2D eigenvalue weighted by Crippen LogP contribution is -2.24. The monoisotopic (exact) mass is 301 g/mol. The van der Waals surface area contributed by atoms with Crippen LogP contribution in [0.1, 0.15) is 25.8 Å². The van der Waals surface area contributed by atoms with E-state index in [9.17, 15) is 0 Å². The maximum atomic E-state index is 5.87. The highest BCUT2D eigenvalue weighted by Crippen LogP contribution is 2.18. The van der Waals surface area contributed by atoms with Crippen LogP contribution in [-0.2, 0) is 10.5 Å². The maximum absolute atomic E-state index is 5.87. The smallest absolute Gasteiger partial charge is 0.0477 e. The Balaban J connectivity index is 2.04. The van der Waals surface area contributed by atoms with E-state index in [2.05, 4.69) is 24.4 Å². The summed E-state index contributed by atoms with van der Waals surface area (Å²) in [5.74, 6) is 1.04. The first kappa shape index (κ1) is 16.8. The molecule has 1 aromatic rings. The summed E-state index contributed by atoms with van der Waals surface area (Å²) in [4.78, 5) is 0. The van der Waals surface area contributed by atoms with E-state index >= 15 is 0 Å². The van der Waals surface area contributed by atoms with E-state index in [-0.39, 0.29) is 0 Å². The molecule has 2 nitrogen and oxygen atoms in total. The van der Waals surface area contributed by atoms with E-state index in [0.717, 1.165) is 43.5 Å². The fourth-order valence-electron chi connectivity index (χ4n) is 1.63. The van der Waals surface area contributed by atoms with Gasteiger partial charge in [-0.25, -0.2) is 0 Å². The second-order valence-corrected chi connectivity index (χ2v) is 6.37. The molecular formula is C15H24ClNOS. The predicted molar refractivity (Wildman–Crippen MR) is 86.2 cm³/mol. The summed E-state index contributed by atoms with van der Waals surface area (Å²) in [6.45, 7) is 8.04. The molecule has 1 rings (SSSR count). The summed E-state index contributed by atoms with van der Waals surface area (Å²) in [6, 6.07) is 8.09. The summed E-state index contributed by atoms with van der Waals surface area (Å²) >= 11 is 7.83. The van der Waals surface area contributed by atoms with Gasteiger partial charge in [-0.15, -0.1) is 0 Å². The van der Waals surface area contributed by atoms with Crippen LogP contribution in [-0.4, -0.2) is 31.6 Å². The van der Waals surface area contributed by atoms with Crippen LogP contribution in [0, 0.1) is 0 Å². The van der Waals surface area contributed by atoms with E-state index in [1.165, 1.54) is 5.56 Å². The summed E-state index contributed by atoms with van der Waals surface area (Å²) < 4.78 is 5.30. The van der Waals surface area contributed by atoms with Gasteiger partial charge in [0.2, 0.25) is 0 Å². The maximum Gasteiger partial charge on any atom is 0.0477 e. The molecule has 0 amide bonds. The second kappa shape index (κ2) is 10.6. The Kier molecular flexibility index (Phi) is 9.35. The van der Waals surface area contributed by atoms with Crippen molar-refractivity contribution >= 4 is 23.4 Å². The van der Waals surface area contributed by atoms with Crippen LogP contribution in [0.15, 0.2) is 24.3 Å². The third kappa shape index (κ3) is 8.53. The van der Waals surface area contributed by atoms with Crippen molar-refractivity contribution in [3.05, 3.63) is 34.9 Å². The number of ether oxygens (including phenoxy) is 1. The van der Waals surface area contributed by atoms with Crippen LogP contribution in [0.3, 0.4) is 0 Å². The molecule has 1 N–H and O–H groups in total. The number of thioether (sulfide) groups is 1. The Morgan fingerprint density at radius 2 is 2.05 bits per heavy atom. The summed E-state index contributed by atoms with van der Waals surface area (Å²) in [5, 5.41) is 4.88. The third-order valence-corrected chi connectivity index (χ3v) is 4.21. The summed E-state index contributed by atoms with van der Waals surface area (Å²) in [5.41, 5.74) is 1.33. The average molecular weight is 302 g/mol. The van der Waals surface area contributed by atoms with E-state index < -0.39 is 0 Å². The van der Waals surface area contributed by atoms with E-state index in [0.29, 0.717) is 5.25 Å². The van der Waals surface area contributed by atoms with Crippen LogP contribution in [0.25, 0.3) is 0 Å². The van der Waals surface area contributed by atoms with Crippen LogP contribution in [0.2, 0.25) is 5.02 Å². The molecule has 1 atom stereocenters. The van der Waals surface area contributed by atoms with Gasteiger partial charge in [0, 0.05) is 35.8 Å². The number of halogens is 1. The first-order valence-corrected chi connectivity index (χ1v) is 8.29. The zero-order valence-corrected chi connectivity index (χ0v) is 13.4. The predicted octanol–water partition coefficient (Wildman–Crippen LogP) is 3.98. The molecule has 1 aromatic carbocycles. The number of nitrogens with one attached hydrogen (secondary N) is 1. The van der Waals surface area contributed by atoms with Crippen molar-refractivity contribution < 1.29 is 4.74 Å². The van der Waals surface area contributed by atoms with Crippen molar-refractivity contribution in [1.82, 2.24) is 5.32 Å². The second-order valence-electron chi connectivity index (χ2n) is 4.50. The highest BCUT2D eigenvalue weighted by atomic mass is 35.5. The first-order valence-electron chi connectivity index (χ1n) is 6.87. The Morgan fingerprint density at radius 3 is 2.74 bits per heavy atom. The molecular weight excluding hydrogens is 278 g/mol. The minimum absolute atomic E-state index is 0.614. The fraction of sp³-hybridized carbons (Fsp3) is 0.600. The summed E-state index contributed by atoms with van der Waals surface area (Å²) in [7, 11) is 0. The first-order chi connectivity index (χ1) is 9.22. The Labute approximate surface area is 126 Å². The quantitative estimate of drug-likeness (QED) is 0.661. The molecule has 0 saturated carbocycles. The molecule has 0 spiro atoms. The van der Waals surface area contributed by atoms with Crippen LogP contribution in [0.4, 0.5) is 0 Å². The van der Waals surface area contributed by atoms with Gasteiger partial charge in [0.05, 0.1) is 0 Å². The van der Waals surface area contributed by atoms with Crippen molar-refractivity contribution in [3.8, 4) is 0 Å². The molecule has 0 aromatic heterocycles. The highest BCUT2D eigenvalue weighted by molar-refractivity contribution is 7.99. The van der Waals surface area contributed by atoms with Gasteiger partial charge in [0.1, 0.15) is 0 Å². The minimum Gasteiger partial charge on any atom is -0.382 e. The van der Waals surface area contributed by atoms with Crippen LogP contribution in [0.5, 0.6) is 0 Å². The van der Waals surface area contributed by atoms with Gasteiger partial charge in [-0.2, -0.15) is 11.8 Å². The lowest BCUT2D eigenvalue weighted by atomic mass is 10.2. The van der Waals surface area contributed by atoms with Gasteiger partial charge < -0.3 is 10.1 Å². The number of hydrogen-bond acceptors (Lipinski definition) is 3. The van der Waals surface area contributed by atoms with E-state index in [1.807, 2.05) is 30.8 Å². The van der Waals surface area contributed by atoms with Crippen molar-refractivity contribution in [2.24, 2.45) is 0 Å². The molecule has 19 heavy (non-hydrogen) atoms. The Bertz CT molecular complexity index is 331. The summed E-state index contributed by atoms with van der Waals surface area (Å²) in [6.07, 6.45) is 1.09. The third-order valence-electron chi connectivity index (χ3n) is 2.73. The van der Waals surface area contributed by atoms with Gasteiger partial charge in [0.25, 0.3) is 0 Å². The van der Waals surface area contributed by atoms with E-state index in [4.69, 9.17) is 16.3 Å². The van der Waals surface area contributed by atoms with Gasteiger partial charge in [-0.1, -0.05) is 30.7 Å². The van der Waals surface area contributed by atoms with E-state index in [1.54, 1.807) is 0 Å². The van der Waals surface area contributed by atoms with Gasteiger partial charge >= 0.3 is 0 Å². The van der Waals surface area contributed by atoms with Crippen molar-refractivity contribution in [2.75, 3.05) is 26.3 Å². The van der Waals surface area contributed by atoms with Crippen molar-refractivity contribution in [3.63, 3.8) is 0 Å². The zero-order valence-electron chi connectivity index (χ0n) is 11.8. The SMILES string of the molecule is CCOCCCNCC(C)SCc1ccc(Cl)cc1. The molecule has 1 unspecified atom stereocenters. The minimum atomic E-state index is 0.614. The highest BCUT2D eigenvalue weighted by Gasteiger charge is 2.02. The molecule has 0 saturated heterocycles. The lowest BCUT2D eigenvalue weighted by Gasteiger charge is -2.12. The largest absolute Gasteiger partial charge is 0.382 e. The molecule has 0 aliphatic rings. The lowest BCUT2D eigenvalue weighted by molar-refractivity contribution is 0.145. The number of benzene rings is 1. The van der Waals surface area contributed by atoms with Crippen molar-refractivity contribution in [1.29, 1.82) is 0 Å². The molecule has 0 fully saturated rings.